The molecule has 1 aliphatic carbocycles. The van der Waals surface area contributed by atoms with Crippen LogP contribution in [0.25, 0.3) is 33.4 Å². The first-order valence-electron chi connectivity index (χ1n) is 17.4. The first-order valence-corrected chi connectivity index (χ1v) is 17.4. The number of hydrogen-bond donors (Lipinski definition) is 6. The molecule has 1 fully saturated rings. The van der Waals surface area contributed by atoms with E-state index in [1.807, 2.05) is 127 Å². The number of hydrogen-bond acceptors (Lipinski definition) is 6. The fourth-order valence-electron chi connectivity index (χ4n) is 8.02. The molecular formula is C45H42O6. The molecule has 0 aromatic heterocycles. The summed E-state index contributed by atoms with van der Waals surface area (Å²) in [5, 5.41) is 65.5. The third-order valence-corrected chi connectivity index (χ3v) is 10.7. The molecular weight excluding hydrogens is 636 g/mol. The highest BCUT2D eigenvalue weighted by molar-refractivity contribution is 5.76. The van der Waals surface area contributed by atoms with Crippen molar-refractivity contribution in [1.82, 2.24) is 0 Å². The Labute approximate surface area is 298 Å². The van der Waals surface area contributed by atoms with E-state index < -0.39 is 5.41 Å². The van der Waals surface area contributed by atoms with Gasteiger partial charge in [-0.15, -0.1) is 0 Å². The van der Waals surface area contributed by atoms with Gasteiger partial charge >= 0.3 is 0 Å². The summed E-state index contributed by atoms with van der Waals surface area (Å²) in [6.07, 6.45) is 3.03. The van der Waals surface area contributed by atoms with Gasteiger partial charge in [-0.2, -0.15) is 0 Å². The third kappa shape index (κ3) is 6.38. The lowest BCUT2D eigenvalue weighted by Gasteiger charge is -2.43. The van der Waals surface area contributed by atoms with Crippen LogP contribution in [0, 0.1) is 0 Å². The van der Waals surface area contributed by atoms with E-state index in [1.165, 1.54) is 0 Å². The largest absolute Gasteiger partial charge is 0.507 e. The number of aromatic hydroxyl groups is 3. The van der Waals surface area contributed by atoms with Crippen molar-refractivity contribution < 1.29 is 30.6 Å². The average molecular weight is 679 g/mol. The molecule has 0 saturated heterocycles. The molecule has 6 heteroatoms. The second kappa shape index (κ2) is 14.4. The summed E-state index contributed by atoms with van der Waals surface area (Å²) in [6, 6.07) is 40.7. The highest BCUT2D eigenvalue weighted by Gasteiger charge is 2.42. The van der Waals surface area contributed by atoms with Crippen LogP contribution in [0.15, 0.2) is 127 Å². The molecule has 6 N–H and O–H groups in total. The molecule has 0 radical (unpaired) electrons. The normalized spacial score (nSPS) is 15.5. The van der Waals surface area contributed by atoms with Crippen molar-refractivity contribution in [2.45, 2.75) is 56.8 Å². The lowest BCUT2D eigenvalue weighted by atomic mass is 9.60. The van der Waals surface area contributed by atoms with Crippen molar-refractivity contribution in [3.05, 3.63) is 161 Å². The van der Waals surface area contributed by atoms with Crippen LogP contribution in [0.1, 0.15) is 65.0 Å². The number of aliphatic hydroxyl groups is 3. The maximum Gasteiger partial charge on any atom is 0.128 e. The number of aliphatic hydroxyl groups excluding tert-OH is 3. The van der Waals surface area contributed by atoms with Gasteiger partial charge in [0.15, 0.2) is 0 Å². The van der Waals surface area contributed by atoms with Crippen LogP contribution in [0.3, 0.4) is 0 Å². The summed E-state index contributed by atoms with van der Waals surface area (Å²) in [4.78, 5) is 0. The van der Waals surface area contributed by atoms with Gasteiger partial charge in [0, 0.05) is 38.8 Å². The first-order chi connectivity index (χ1) is 24.9. The predicted octanol–water partition coefficient (Wildman–Crippen LogP) is 8.93. The second-order valence-electron chi connectivity index (χ2n) is 13.6. The molecule has 0 spiro atoms. The van der Waals surface area contributed by atoms with Crippen LogP contribution < -0.4 is 0 Å². The minimum Gasteiger partial charge on any atom is -0.507 e. The van der Waals surface area contributed by atoms with Crippen molar-refractivity contribution in [3.63, 3.8) is 0 Å². The van der Waals surface area contributed by atoms with E-state index in [0.717, 1.165) is 52.6 Å². The van der Waals surface area contributed by atoms with Gasteiger partial charge in [-0.25, -0.2) is 0 Å². The van der Waals surface area contributed by atoms with Crippen LogP contribution in [0.5, 0.6) is 17.2 Å². The van der Waals surface area contributed by atoms with Gasteiger partial charge < -0.3 is 30.6 Å². The summed E-state index contributed by atoms with van der Waals surface area (Å²) in [6.45, 7) is -1.03. The lowest BCUT2D eigenvalue weighted by Crippen LogP contribution is -2.34. The smallest absolute Gasteiger partial charge is 0.128 e. The summed E-state index contributed by atoms with van der Waals surface area (Å²) in [5.74, 6) is 0.109. The average Bonchev–Trinajstić information content (AvgIpc) is 3.19. The highest BCUT2D eigenvalue weighted by atomic mass is 16.3. The van der Waals surface area contributed by atoms with Crippen molar-refractivity contribution >= 4 is 0 Å². The van der Waals surface area contributed by atoms with Gasteiger partial charge in [0.05, 0.1) is 19.8 Å². The summed E-state index contributed by atoms with van der Waals surface area (Å²) in [7, 11) is 0. The Balaban J connectivity index is 1.47. The van der Waals surface area contributed by atoms with Crippen molar-refractivity contribution in [2.75, 3.05) is 0 Å². The quantitative estimate of drug-likeness (QED) is 0.0909. The van der Waals surface area contributed by atoms with E-state index in [0.29, 0.717) is 39.8 Å². The summed E-state index contributed by atoms with van der Waals surface area (Å²) < 4.78 is 0. The van der Waals surface area contributed by atoms with E-state index >= 15 is 0 Å². The highest BCUT2D eigenvalue weighted by Crippen LogP contribution is 2.54. The Morgan fingerprint density at radius 2 is 0.882 bits per heavy atom. The number of phenols is 3. The zero-order valence-electron chi connectivity index (χ0n) is 28.3. The number of benzene rings is 6. The molecule has 1 saturated carbocycles. The zero-order chi connectivity index (χ0) is 35.5. The molecule has 6 aromatic carbocycles. The summed E-state index contributed by atoms with van der Waals surface area (Å²) >= 11 is 0. The second-order valence-corrected chi connectivity index (χ2v) is 13.6. The molecule has 1 aliphatic rings. The van der Waals surface area contributed by atoms with Crippen LogP contribution in [0.4, 0.5) is 0 Å². The molecule has 258 valence electrons. The molecule has 0 bridgehead atoms. The van der Waals surface area contributed by atoms with Gasteiger partial charge in [-0.1, -0.05) is 97.4 Å². The van der Waals surface area contributed by atoms with Gasteiger partial charge in [0.2, 0.25) is 0 Å². The van der Waals surface area contributed by atoms with E-state index in [9.17, 15) is 30.6 Å². The number of rotatable bonds is 9. The third-order valence-electron chi connectivity index (χ3n) is 10.7. The fraction of sp³-hybridized carbons (Fsp3) is 0.200. The van der Waals surface area contributed by atoms with Gasteiger partial charge in [-0.05, 0) is 95.0 Å². The topological polar surface area (TPSA) is 121 Å². The van der Waals surface area contributed by atoms with Crippen LogP contribution in [-0.2, 0) is 25.2 Å². The van der Waals surface area contributed by atoms with Crippen molar-refractivity contribution in [3.8, 4) is 50.6 Å². The minimum atomic E-state index is -0.685. The molecule has 6 aromatic rings. The van der Waals surface area contributed by atoms with Gasteiger partial charge in [-0.3, -0.25) is 0 Å². The molecule has 1 atom stereocenters. The SMILES string of the molecule is OCc1cc(C2CCCC(c3cc(CO)c(O)c(-c4ccccc4)c3)(c3cc(CO)c(O)c(-c4ccccc4)c3)C2)cc(-c2ccccc2)c1O. The molecule has 51 heavy (non-hydrogen) atoms. The van der Waals surface area contributed by atoms with Crippen LogP contribution in [0.2, 0.25) is 0 Å². The maximum absolute atomic E-state index is 11.4. The van der Waals surface area contributed by atoms with Crippen LogP contribution in [-0.4, -0.2) is 30.6 Å². The zero-order valence-corrected chi connectivity index (χ0v) is 28.3. The minimum absolute atomic E-state index is 0.00905. The predicted molar refractivity (Wildman–Crippen MR) is 200 cm³/mol. The summed E-state index contributed by atoms with van der Waals surface area (Å²) in [5.41, 5.74) is 7.78. The van der Waals surface area contributed by atoms with E-state index in [4.69, 9.17) is 0 Å². The van der Waals surface area contributed by atoms with Crippen molar-refractivity contribution in [2.24, 2.45) is 0 Å². The van der Waals surface area contributed by atoms with Gasteiger partial charge in [0.25, 0.3) is 0 Å². The molecule has 0 heterocycles. The van der Waals surface area contributed by atoms with Gasteiger partial charge in [0.1, 0.15) is 17.2 Å². The molecule has 0 aliphatic heterocycles. The van der Waals surface area contributed by atoms with E-state index in [-0.39, 0.29) is 43.0 Å². The molecule has 1 unspecified atom stereocenters. The van der Waals surface area contributed by atoms with E-state index in [2.05, 4.69) is 0 Å². The molecule has 0 amide bonds. The van der Waals surface area contributed by atoms with E-state index in [1.54, 1.807) is 0 Å². The molecule has 6 nitrogen and oxygen atoms in total. The monoisotopic (exact) mass is 678 g/mol. The van der Waals surface area contributed by atoms with Crippen LogP contribution >= 0.6 is 0 Å². The maximum atomic E-state index is 11.4. The Morgan fingerprint density at radius 3 is 1.29 bits per heavy atom. The standard InChI is InChI=1S/C45H42O6/c46-26-34-19-33(22-39(42(34)49)29-11-4-1-5-12-29)32-17-10-18-45(25-32,37-20-35(27-47)43(50)40(23-37)30-13-6-2-7-14-30)38-21-36(28-48)44(51)41(24-38)31-15-8-3-9-16-31/h1-9,11-16,19-24,32,46-51H,10,17-18,25-28H2. The van der Waals surface area contributed by atoms with Crippen molar-refractivity contribution in [1.29, 1.82) is 0 Å². The Morgan fingerprint density at radius 1 is 0.490 bits per heavy atom. The Bertz CT molecular complexity index is 2050. The first kappa shape index (κ1) is 34.1. The lowest BCUT2D eigenvalue weighted by molar-refractivity contribution is 0.272. The Kier molecular flexibility index (Phi) is 9.65. The fourth-order valence-corrected chi connectivity index (χ4v) is 8.02. The molecule has 7 rings (SSSR count). The Hall–Kier alpha value is -5.40.